The first kappa shape index (κ1) is 19.6. The number of imidazole rings is 1. The van der Waals surface area contributed by atoms with Crippen molar-refractivity contribution >= 4 is 17.1 Å². The van der Waals surface area contributed by atoms with E-state index in [0.29, 0.717) is 23.6 Å². The summed E-state index contributed by atoms with van der Waals surface area (Å²) in [4.78, 5) is 42.1. The molecule has 3 aromatic rings. The smallest absolute Gasteiger partial charge is 0.333 e. The maximum Gasteiger partial charge on any atom is 0.333 e. The number of aryl methyl sites for hydroxylation is 1. The molecule has 0 saturated heterocycles. The molecule has 1 aromatic carbocycles. The van der Waals surface area contributed by atoms with E-state index in [0.717, 1.165) is 16.6 Å². The molecule has 0 radical (unpaired) electrons. The number of aromatic nitrogens is 4. The zero-order chi connectivity index (χ0) is 20.3. The lowest BCUT2D eigenvalue weighted by molar-refractivity contribution is -0.141. The van der Waals surface area contributed by atoms with E-state index >= 15 is 0 Å². The van der Waals surface area contributed by atoms with Gasteiger partial charge in [-0.2, -0.15) is 0 Å². The Morgan fingerprint density at radius 2 is 1.86 bits per heavy atom. The maximum atomic E-state index is 13.0. The molecule has 2 aromatic heterocycles. The van der Waals surface area contributed by atoms with Crippen LogP contribution in [0, 0.1) is 5.92 Å². The summed E-state index contributed by atoms with van der Waals surface area (Å²) in [5, 5.41) is 0. The van der Waals surface area contributed by atoms with Gasteiger partial charge in [0.1, 0.15) is 6.54 Å². The number of nitrogens with zero attached hydrogens (tertiary/aromatic N) is 4. The zero-order valence-electron chi connectivity index (χ0n) is 16.3. The molecule has 0 N–H and O–H groups in total. The molecular formula is C20H24N4O4. The lowest BCUT2D eigenvalue weighted by atomic mass is 10.1. The topological polar surface area (TPSA) is 88.1 Å². The van der Waals surface area contributed by atoms with Crippen LogP contribution >= 0.6 is 0 Å². The van der Waals surface area contributed by atoms with Gasteiger partial charge in [0.15, 0.2) is 11.2 Å². The molecule has 0 aliphatic rings. The predicted octanol–water partition coefficient (Wildman–Crippen LogP) is 1.63. The lowest BCUT2D eigenvalue weighted by Gasteiger charge is -2.12. The van der Waals surface area contributed by atoms with Gasteiger partial charge in [0, 0.05) is 6.54 Å². The van der Waals surface area contributed by atoms with Gasteiger partial charge in [-0.05, 0) is 17.9 Å². The van der Waals surface area contributed by atoms with Crippen molar-refractivity contribution in [1.29, 1.82) is 0 Å². The van der Waals surface area contributed by atoms with Crippen molar-refractivity contribution in [1.82, 2.24) is 18.7 Å². The standard InChI is InChI=1S/C20H24N4O4/c1-14(2)9-10-22-13-21-18-17(22)19(26)24(12-16(25)28-3)20(27)23(18)11-15-7-5-4-6-8-15/h4-8,13-14H,9-12H2,1-3H3. The first-order valence-electron chi connectivity index (χ1n) is 9.21. The number of esters is 1. The summed E-state index contributed by atoms with van der Waals surface area (Å²) in [5.74, 6) is -0.206. The number of hydrogen-bond donors (Lipinski definition) is 0. The van der Waals surface area contributed by atoms with Gasteiger partial charge in [0.05, 0.1) is 20.0 Å². The minimum absolute atomic E-state index is 0.249. The summed E-state index contributed by atoms with van der Waals surface area (Å²) in [6, 6.07) is 9.43. The predicted molar refractivity (Wildman–Crippen MR) is 105 cm³/mol. The van der Waals surface area contributed by atoms with Gasteiger partial charge < -0.3 is 9.30 Å². The zero-order valence-corrected chi connectivity index (χ0v) is 16.3. The van der Waals surface area contributed by atoms with E-state index in [2.05, 4.69) is 23.6 Å². The van der Waals surface area contributed by atoms with Gasteiger partial charge in [-0.15, -0.1) is 0 Å². The van der Waals surface area contributed by atoms with Crippen molar-refractivity contribution in [3.8, 4) is 0 Å². The Labute approximate surface area is 162 Å². The fourth-order valence-electron chi connectivity index (χ4n) is 3.05. The second-order valence-electron chi connectivity index (χ2n) is 7.11. The number of carbonyl (C=O) groups excluding carboxylic acids is 1. The molecule has 0 aliphatic heterocycles. The molecule has 0 unspecified atom stereocenters. The van der Waals surface area contributed by atoms with Gasteiger partial charge >= 0.3 is 11.7 Å². The average Bonchev–Trinajstić information content (AvgIpc) is 3.11. The molecule has 2 heterocycles. The summed E-state index contributed by atoms with van der Waals surface area (Å²) < 4.78 is 8.76. The Morgan fingerprint density at radius 3 is 2.50 bits per heavy atom. The van der Waals surface area contributed by atoms with Crippen LogP contribution in [0.5, 0.6) is 0 Å². The van der Waals surface area contributed by atoms with Crippen molar-refractivity contribution in [2.24, 2.45) is 5.92 Å². The molecule has 0 spiro atoms. The molecule has 0 bridgehead atoms. The van der Waals surface area contributed by atoms with Crippen LogP contribution in [0.4, 0.5) is 0 Å². The first-order chi connectivity index (χ1) is 13.4. The second-order valence-corrected chi connectivity index (χ2v) is 7.11. The van der Waals surface area contributed by atoms with Crippen molar-refractivity contribution in [3.63, 3.8) is 0 Å². The normalized spacial score (nSPS) is 11.3. The molecule has 8 heteroatoms. The molecule has 0 saturated carbocycles. The van der Waals surface area contributed by atoms with E-state index < -0.39 is 23.8 Å². The molecule has 28 heavy (non-hydrogen) atoms. The minimum atomic E-state index is -0.655. The maximum absolute atomic E-state index is 13.0. The van der Waals surface area contributed by atoms with Crippen LogP contribution in [-0.2, 0) is 29.2 Å². The SMILES string of the molecule is COC(=O)Cn1c(=O)c2c(ncn2CCC(C)C)n(Cc2ccccc2)c1=O. The van der Waals surface area contributed by atoms with E-state index in [1.807, 2.05) is 30.3 Å². The van der Waals surface area contributed by atoms with Crippen LogP contribution in [0.3, 0.4) is 0 Å². The molecule has 0 fully saturated rings. The van der Waals surface area contributed by atoms with E-state index in [4.69, 9.17) is 0 Å². The summed E-state index contributed by atoms with van der Waals surface area (Å²) >= 11 is 0. The number of ether oxygens (including phenoxy) is 1. The summed E-state index contributed by atoms with van der Waals surface area (Å²) in [7, 11) is 1.22. The molecule has 3 rings (SSSR count). The Balaban J connectivity index is 2.20. The average molecular weight is 384 g/mol. The van der Waals surface area contributed by atoms with E-state index in [1.165, 1.54) is 11.7 Å². The van der Waals surface area contributed by atoms with Crippen LogP contribution in [0.25, 0.3) is 11.2 Å². The Kier molecular flexibility index (Phi) is 5.77. The lowest BCUT2D eigenvalue weighted by Crippen LogP contribution is -2.42. The molecule has 8 nitrogen and oxygen atoms in total. The summed E-state index contributed by atoms with van der Waals surface area (Å²) in [6.07, 6.45) is 2.44. The van der Waals surface area contributed by atoms with Crippen molar-refractivity contribution < 1.29 is 9.53 Å². The van der Waals surface area contributed by atoms with Crippen molar-refractivity contribution in [2.45, 2.75) is 39.9 Å². The van der Waals surface area contributed by atoms with Gasteiger partial charge in [-0.25, -0.2) is 14.3 Å². The van der Waals surface area contributed by atoms with Crippen LogP contribution in [-0.4, -0.2) is 31.8 Å². The van der Waals surface area contributed by atoms with Crippen molar-refractivity contribution in [2.75, 3.05) is 7.11 Å². The monoisotopic (exact) mass is 384 g/mol. The highest BCUT2D eigenvalue weighted by atomic mass is 16.5. The van der Waals surface area contributed by atoms with E-state index in [-0.39, 0.29) is 6.54 Å². The highest BCUT2D eigenvalue weighted by Crippen LogP contribution is 2.12. The number of benzene rings is 1. The molecule has 0 amide bonds. The highest BCUT2D eigenvalue weighted by molar-refractivity contribution is 5.72. The Morgan fingerprint density at radius 1 is 1.14 bits per heavy atom. The third kappa shape index (κ3) is 3.90. The fraction of sp³-hybridized carbons (Fsp3) is 0.400. The second kappa shape index (κ2) is 8.24. The van der Waals surface area contributed by atoms with Crippen LogP contribution in [0.15, 0.2) is 46.2 Å². The van der Waals surface area contributed by atoms with E-state index in [9.17, 15) is 14.4 Å². The summed E-state index contributed by atoms with van der Waals surface area (Å²) in [6.45, 7) is 4.61. The number of methoxy groups -OCH3 is 1. The van der Waals surface area contributed by atoms with Gasteiger partial charge in [-0.3, -0.25) is 14.2 Å². The fourth-order valence-corrected chi connectivity index (χ4v) is 3.05. The Hall–Kier alpha value is -3.16. The van der Waals surface area contributed by atoms with Crippen LogP contribution < -0.4 is 11.2 Å². The van der Waals surface area contributed by atoms with Gasteiger partial charge in [-0.1, -0.05) is 44.2 Å². The quantitative estimate of drug-likeness (QED) is 0.578. The molecule has 0 atom stereocenters. The largest absolute Gasteiger partial charge is 0.468 e. The third-order valence-corrected chi connectivity index (χ3v) is 4.63. The molecular weight excluding hydrogens is 360 g/mol. The molecule has 0 aliphatic carbocycles. The summed E-state index contributed by atoms with van der Waals surface area (Å²) in [5.41, 5.74) is 0.423. The van der Waals surface area contributed by atoms with Crippen LogP contribution in [0.2, 0.25) is 0 Å². The van der Waals surface area contributed by atoms with Gasteiger partial charge in [0.25, 0.3) is 5.56 Å². The number of hydrogen-bond acceptors (Lipinski definition) is 5. The molecule has 148 valence electrons. The van der Waals surface area contributed by atoms with Crippen molar-refractivity contribution in [3.05, 3.63) is 63.1 Å². The minimum Gasteiger partial charge on any atom is -0.468 e. The number of fused-ring (bicyclic) bond motifs is 1. The number of rotatable bonds is 7. The third-order valence-electron chi connectivity index (χ3n) is 4.63. The first-order valence-corrected chi connectivity index (χ1v) is 9.21. The number of carbonyl (C=O) groups is 1. The van der Waals surface area contributed by atoms with Crippen LogP contribution in [0.1, 0.15) is 25.8 Å². The highest BCUT2D eigenvalue weighted by Gasteiger charge is 2.20. The van der Waals surface area contributed by atoms with E-state index in [1.54, 1.807) is 10.9 Å². The Bertz CT molecular complexity index is 1090. The van der Waals surface area contributed by atoms with Gasteiger partial charge in [0.2, 0.25) is 0 Å².